The zero-order valence-electron chi connectivity index (χ0n) is 14.2. The second kappa shape index (κ2) is 8.41. The van der Waals surface area contributed by atoms with Gasteiger partial charge < -0.3 is 31.2 Å². The monoisotopic (exact) mass is 342 g/mol. The summed E-state index contributed by atoms with van der Waals surface area (Å²) in [6, 6.07) is 0.250. The van der Waals surface area contributed by atoms with E-state index in [2.05, 4.69) is 33.5 Å². The standard InChI is InChI=1S/C15H30N6O3/c1-9-6-13(17-5-4-16)20-14(18-9)21-15(22)19-10-2-3-11-12(7-10)24-8-23-11/h9-14,17-18,20H,2-8,16H2,1H3,(H2,19,21,22). The Kier molecular flexibility index (Phi) is 6.25. The molecule has 3 aliphatic rings. The molecule has 3 rings (SSSR count). The Morgan fingerprint density at radius 2 is 2.00 bits per heavy atom. The number of ether oxygens (including phenoxy) is 2. The molecular weight excluding hydrogens is 312 g/mol. The van der Waals surface area contributed by atoms with Gasteiger partial charge in [-0.3, -0.25) is 10.6 Å². The summed E-state index contributed by atoms with van der Waals surface area (Å²) in [6.07, 6.45) is 3.76. The van der Waals surface area contributed by atoms with Crippen LogP contribution in [-0.4, -0.2) is 62.7 Å². The van der Waals surface area contributed by atoms with Crippen molar-refractivity contribution in [3.8, 4) is 0 Å². The second-order valence-corrected chi connectivity index (χ2v) is 6.85. The molecule has 6 unspecified atom stereocenters. The first-order chi connectivity index (χ1) is 11.6. The topological polar surface area (TPSA) is 122 Å². The van der Waals surface area contributed by atoms with Crippen molar-refractivity contribution in [3.05, 3.63) is 0 Å². The zero-order valence-corrected chi connectivity index (χ0v) is 14.2. The van der Waals surface area contributed by atoms with Gasteiger partial charge in [-0.15, -0.1) is 0 Å². The van der Waals surface area contributed by atoms with Gasteiger partial charge in [0.2, 0.25) is 0 Å². The van der Waals surface area contributed by atoms with Crippen LogP contribution in [0.5, 0.6) is 0 Å². The maximum atomic E-state index is 12.3. The van der Waals surface area contributed by atoms with Crippen molar-refractivity contribution >= 4 is 6.03 Å². The molecule has 9 heteroatoms. The molecule has 0 bridgehead atoms. The van der Waals surface area contributed by atoms with Crippen molar-refractivity contribution in [2.75, 3.05) is 19.9 Å². The fourth-order valence-electron chi connectivity index (χ4n) is 3.68. The van der Waals surface area contributed by atoms with Gasteiger partial charge in [-0.2, -0.15) is 0 Å². The first-order valence-corrected chi connectivity index (χ1v) is 8.90. The summed E-state index contributed by atoms with van der Waals surface area (Å²) in [5.41, 5.74) is 5.53. The van der Waals surface area contributed by atoms with Crippen LogP contribution >= 0.6 is 0 Å². The SMILES string of the molecule is CC1CC(NCCN)NC(NC(=O)NC2CCC3OCOC3C2)N1. The van der Waals surface area contributed by atoms with E-state index < -0.39 is 0 Å². The highest BCUT2D eigenvalue weighted by atomic mass is 16.7. The van der Waals surface area contributed by atoms with E-state index in [-0.39, 0.29) is 36.7 Å². The van der Waals surface area contributed by atoms with Crippen LogP contribution in [-0.2, 0) is 9.47 Å². The highest BCUT2D eigenvalue weighted by Crippen LogP contribution is 2.28. The summed E-state index contributed by atoms with van der Waals surface area (Å²) in [7, 11) is 0. The summed E-state index contributed by atoms with van der Waals surface area (Å²) in [6.45, 7) is 3.81. The van der Waals surface area contributed by atoms with Crippen molar-refractivity contribution in [3.63, 3.8) is 0 Å². The van der Waals surface area contributed by atoms with Crippen molar-refractivity contribution < 1.29 is 14.3 Å². The van der Waals surface area contributed by atoms with Gasteiger partial charge in [-0.05, 0) is 32.6 Å². The third kappa shape index (κ3) is 4.78. The molecule has 138 valence electrons. The minimum Gasteiger partial charge on any atom is -0.349 e. The highest BCUT2D eigenvalue weighted by Gasteiger charge is 2.36. The average Bonchev–Trinajstić information content (AvgIpc) is 3.00. The van der Waals surface area contributed by atoms with Crippen LogP contribution in [0.3, 0.4) is 0 Å². The number of hydrogen-bond acceptors (Lipinski definition) is 7. The van der Waals surface area contributed by atoms with E-state index >= 15 is 0 Å². The Morgan fingerprint density at radius 1 is 1.17 bits per heavy atom. The van der Waals surface area contributed by atoms with Crippen LogP contribution in [0.25, 0.3) is 0 Å². The predicted molar refractivity (Wildman–Crippen MR) is 88.9 cm³/mol. The van der Waals surface area contributed by atoms with Crippen LogP contribution in [0, 0.1) is 0 Å². The summed E-state index contributed by atoms with van der Waals surface area (Å²) in [5.74, 6) is 0. The number of amides is 2. The van der Waals surface area contributed by atoms with Crippen molar-refractivity contribution in [2.45, 2.75) is 69.4 Å². The highest BCUT2D eigenvalue weighted by molar-refractivity contribution is 5.74. The number of carbonyl (C=O) groups excluding carboxylic acids is 1. The van der Waals surface area contributed by atoms with Gasteiger partial charge >= 0.3 is 6.03 Å². The van der Waals surface area contributed by atoms with Crippen LogP contribution in [0.4, 0.5) is 4.79 Å². The molecule has 6 atom stereocenters. The van der Waals surface area contributed by atoms with E-state index in [1.54, 1.807) is 0 Å². The molecule has 0 radical (unpaired) electrons. The second-order valence-electron chi connectivity index (χ2n) is 6.85. The molecule has 0 aromatic rings. The van der Waals surface area contributed by atoms with Crippen molar-refractivity contribution in [1.29, 1.82) is 0 Å². The average molecular weight is 342 g/mol. The van der Waals surface area contributed by atoms with Crippen molar-refractivity contribution in [1.82, 2.24) is 26.6 Å². The maximum absolute atomic E-state index is 12.3. The molecule has 2 heterocycles. The zero-order chi connectivity index (χ0) is 16.9. The van der Waals surface area contributed by atoms with Gasteiger partial charge in [-0.25, -0.2) is 4.79 Å². The van der Waals surface area contributed by atoms with E-state index in [0.29, 0.717) is 19.4 Å². The quantitative estimate of drug-likeness (QED) is 0.368. The maximum Gasteiger partial charge on any atom is 0.317 e. The number of carbonyl (C=O) groups is 1. The van der Waals surface area contributed by atoms with Gasteiger partial charge in [0.15, 0.2) is 0 Å². The van der Waals surface area contributed by atoms with E-state index in [4.69, 9.17) is 15.2 Å². The molecule has 3 fully saturated rings. The van der Waals surface area contributed by atoms with Crippen LogP contribution in [0.1, 0.15) is 32.6 Å². The summed E-state index contributed by atoms with van der Waals surface area (Å²) in [4.78, 5) is 12.3. The minimum absolute atomic E-state index is 0.111. The lowest BCUT2D eigenvalue weighted by Gasteiger charge is -2.37. The lowest BCUT2D eigenvalue weighted by atomic mass is 9.91. The summed E-state index contributed by atoms with van der Waals surface area (Å²) >= 11 is 0. The number of fused-ring (bicyclic) bond motifs is 1. The molecule has 24 heavy (non-hydrogen) atoms. The molecule has 0 aromatic heterocycles. The van der Waals surface area contributed by atoms with E-state index in [1.165, 1.54) is 0 Å². The third-order valence-electron chi connectivity index (χ3n) is 4.85. The molecule has 0 spiro atoms. The smallest absolute Gasteiger partial charge is 0.317 e. The molecular formula is C15H30N6O3. The Morgan fingerprint density at radius 3 is 2.83 bits per heavy atom. The molecule has 0 aromatic carbocycles. The van der Waals surface area contributed by atoms with E-state index in [0.717, 1.165) is 32.2 Å². The molecule has 1 saturated carbocycles. The van der Waals surface area contributed by atoms with Gasteiger partial charge in [0.1, 0.15) is 13.1 Å². The molecule has 2 amide bonds. The number of rotatable bonds is 5. The minimum atomic E-state index is -0.272. The fourth-order valence-corrected chi connectivity index (χ4v) is 3.68. The third-order valence-corrected chi connectivity index (χ3v) is 4.85. The Hall–Kier alpha value is -0.970. The number of urea groups is 1. The van der Waals surface area contributed by atoms with Gasteiger partial charge in [0.25, 0.3) is 0 Å². The number of nitrogens with two attached hydrogens (primary N) is 1. The van der Waals surface area contributed by atoms with Gasteiger partial charge in [0, 0.05) is 25.2 Å². The van der Waals surface area contributed by atoms with Crippen LogP contribution < -0.4 is 32.3 Å². The molecule has 2 aliphatic heterocycles. The first kappa shape index (κ1) is 17.8. The van der Waals surface area contributed by atoms with Crippen LogP contribution in [0.15, 0.2) is 0 Å². The Balaban J connectivity index is 1.42. The van der Waals surface area contributed by atoms with E-state index in [9.17, 15) is 4.79 Å². The summed E-state index contributed by atoms with van der Waals surface area (Å²) < 4.78 is 11.0. The molecule has 2 saturated heterocycles. The molecule has 1 aliphatic carbocycles. The fraction of sp³-hybridized carbons (Fsp3) is 0.933. The lowest BCUT2D eigenvalue weighted by molar-refractivity contribution is 0.0393. The van der Waals surface area contributed by atoms with Gasteiger partial charge in [0.05, 0.1) is 18.4 Å². The Bertz CT molecular complexity index is 426. The number of hydrogen-bond donors (Lipinski definition) is 6. The van der Waals surface area contributed by atoms with Crippen LogP contribution in [0.2, 0.25) is 0 Å². The first-order valence-electron chi connectivity index (χ1n) is 8.90. The van der Waals surface area contributed by atoms with Gasteiger partial charge in [-0.1, -0.05) is 0 Å². The normalized spacial score (nSPS) is 39.2. The van der Waals surface area contributed by atoms with E-state index in [1.807, 2.05) is 0 Å². The largest absolute Gasteiger partial charge is 0.349 e. The van der Waals surface area contributed by atoms with Crippen molar-refractivity contribution in [2.24, 2.45) is 5.73 Å². The molecule has 7 N–H and O–H groups in total. The Labute approximate surface area is 142 Å². The summed E-state index contributed by atoms with van der Waals surface area (Å²) in [5, 5.41) is 16.0. The number of nitrogens with one attached hydrogen (secondary N) is 5. The predicted octanol–water partition coefficient (Wildman–Crippen LogP) is -1.29. The molecule has 9 nitrogen and oxygen atoms in total. The lowest BCUT2D eigenvalue weighted by Crippen LogP contribution is -2.68.